The Labute approximate surface area is 262 Å². The van der Waals surface area contributed by atoms with E-state index < -0.39 is 58.3 Å². The Morgan fingerprint density at radius 1 is 1.07 bits per heavy atom. The zero-order valence-electron chi connectivity index (χ0n) is 25.5. The summed E-state index contributed by atoms with van der Waals surface area (Å²) in [6.07, 6.45) is -1.27. The lowest BCUT2D eigenvalue weighted by Crippen LogP contribution is -2.47. The number of aromatic nitrogens is 2. The molecule has 2 N–H and O–H groups in total. The van der Waals surface area contributed by atoms with E-state index >= 15 is 4.39 Å². The van der Waals surface area contributed by atoms with Crippen LogP contribution in [-0.2, 0) is 22.3 Å². The average Bonchev–Trinajstić information content (AvgIpc) is 3.57. The fourth-order valence-corrected chi connectivity index (χ4v) is 6.17. The fraction of sp³-hybridized carbons (Fsp3) is 0.469. The molecule has 0 aliphatic carbocycles. The molecule has 1 amide bonds. The van der Waals surface area contributed by atoms with Crippen molar-refractivity contribution in [1.29, 1.82) is 0 Å². The van der Waals surface area contributed by atoms with Crippen molar-refractivity contribution < 1.29 is 41.0 Å². The number of aliphatic carboxylic acids is 1. The fourth-order valence-electron chi connectivity index (χ4n) is 6.17. The Hall–Kier alpha value is -4.07. The minimum Gasteiger partial charge on any atom is -0.481 e. The third-order valence-corrected chi connectivity index (χ3v) is 8.92. The Kier molecular flexibility index (Phi) is 8.88. The van der Waals surface area contributed by atoms with E-state index in [0.29, 0.717) is 11.6 Å². The first-order valence-corrected chi connectivity index (χ1v) is 14.9. The van der Waals surface area contributed by atoms with Crippen LogP contribution in [0.5, 0.6) is 0 Å². The number of hydrogen-bond donors (Lipinski definition) is 2. The predicted octanol–water partition coefficient (Wildman–Crippen LogP) is 6.07. The summed E-state index contributed by atoms with van der Waals surface area (Å²) in [5, 5.41) is 11.9. The van der Waals surface area contributed by atoms with Crippen LogP contribution in [-0.4, -0.2) is 68.8 Å². The highest BCUT2D eigenvalue weighted by Gasteiger charge is 2.56. The van der Waals surface area contributed by atoms with Gasteiger partial charge in [0.05, 0.1) is 18.0 Å². The van der Waals surface area contributed by atoms with Gasteiger partial charge in [-0.3, -0.25) is 19.8 Å². The molecule has 3 heterocycles. The first-order chi connectivity index (χ1) is 21.5. The van der Waals surface area contributed by atoms with Crippen molar-refractivity contribution in [2.45, 2.75) is 63.5 Å². The Morgan fingerprint density at radius 2 is 1.76 bits per heavy atom. The summed E-state index contributed by atoms with van der Waals surface area (Å²) in [6, 6.07) is 6.06. The molecule has 1 aromatic heterocycles. The molecule has 5 rings (SSSR count). The van der Waals surface area contributed by atoms with Crippen molar-refractivity contribution in [1.82, 2.24) is 14.5 Å². The van der Waals surface area contributed by atoms with Crippen LogP contribution in [0.25, 0.3) is 0 Å². The van der Waals surface area contributed by atoms with Crippen LogP contribution in [0, 0.1) is 17.6 Å². The zero-order valence-corrected chi connectivity index (χ0v) is 25.5. The number of anilines is 2. The molecule has 2 atom stereocenters. The highest BCUT2D eigenvalue weighted by atomic mass is 19.4. The summed E-state index contributed by atoms with van der Waals surface area (Å²) in [5.41, 5.74) is -3.54. The molecule has 46 heavy (non-hydrogen) atoms. The molecule has 2 saturated heterocycles. The number of imidazole rings is 1. The van der Waals surface area contributed by atoms with Crippen molar-refractivity contribution in [3.63, 3.8) is 0 Å². The summed E-state index contributed by atoms with van der Waals surface area (Å²) < 4.78 is 87.9. The van der Waals surface area contributed by atoms with Gasteiger partial charge in [-0.15, -0.1) is 0 Å². The van der Waals surface area contributed by atoms with Crippen LogP contribution in [0.15, 0.2) is 48.8 Å². The van der Waals surface area contributed by atoms with Crippen LogP contribution in [0.1, 0.15) is 56.2 Å². The van der Waals surface area contributed by atoms with Crippen molar-refractivity contribution in [2.24, 2.45) is 5.92 Å². The van der Waals surface area contributed by atoms with Gasteiger partial charge in [0.1, 0.15) is 11.6 Å². The van der Waals surface area contributed by atoms with Gasteiger partial charge in [0, 0.05) is 61.8 Å². The molecular formula is C32H35F6N5O3. The smallest absolute Gasteiger partial charge is 0.416 e. The molecule has 0 bridgehead atoms. The maximum absolute atomic E-state index is 16.9. The number of carbonyl (C=O) groups is 2. The highest BCUT2D eigenvalue weighted by Crippen LogP contribution is 2.43. The van der Waals surface area contributed by atoms with E-state index in [4.69, 9.17) is 0 Å². The Bertz CT molecular complexity index is 1610. The molecule has 0 saturated carbocycles. The summed E-state index contributed by atoms with van der Waals surface area (Å²) in [5.74, 6) is -5.80. The number of carboxylic acids is 1. The molecule has 2 aliphatic rings. The highest BCUT2D eigenvalue weighted by molar-refractivity contribution is 5.97. The quantitative estimate of drug-likeness (QED) is 0.302. The summed E-state index contributed by atoms with van der Waals surface area (Å²) in [4.78, 5) is 32.7. The molecule has 248 valence electrons. The number of rotatable bonds is 7. The molecule has 2 aromatic carbocycles. The van der Waals surface area contributed by atoms with Crippen molar-refractivity contribution in [3.8, 4) is 0 Å². The standard InChI is InChI=1S/C32H35F6N5O3/c1-30(2,3)43-17-24(23-7-6-22(33)15-25(23)34)31(35,18-43)28(46)40-29-39-10-13-42(29)16-20-4-5-21(32(36,37)38)14-26(20)41-11-8-19(9-12-41)27(44)45/h4-7,10,13-15,19,24H,8-9,11-12,16-18H2,1-3H3,(H,44,45)(H,39,40,46)/t24-,31-/m0/s1. The summed E-state index contributed by atoms with van der Waals surface area (Å²) in [6.45, 7) is 5.50. The van der Waals surface area contributed by atoms with E-state index in [0.717, 1.165) is 24.3 Å². The van der Waals surface area contributed by atoms with Crippen LogP contribution in [0.3, 0.4) is 0 Å². The third kappa shape index (κ3) is 6.72. The largest absolute Gasteiger partial charge is 0.481 e. The van der Waals surface area contributed by atoms with Gasteiger partial charge in [0.15, 0.2) is 0 Å². The lowest BCUT2D eigenvalue weighted by molar-refractivity contribution is -0.142. The van der Waals surface area contributed by atoms with E-state index in [1.807, 2.05) is 20.8 Å². The first kappa shape index (κ1) is 33.3. The topological polar surface area (TPSA) is 90.7 Å². The molecule has 0 spiro atoms. The number of hydrogen-bond acceptors (Lipinski definition) is 5. The average molecular weight is 652 g/mol. The molecule has 3 aromatic rings. The zero-order chi connectivity index (χ0) is 33.6. The predicted molar refractivity (Wildman–Crippen MR) is 158 cm³/mol. The van der Waals surface area contributed by atoms with E-state index in [2.05, 4.69) is 10.3 Å². The van der Waals surface area contributed by atoms with Crippen LogP contribution in [0.2, 0.25) is 0 Å². The second-order valence-electron chi connectivity index (χ2n) is 12.9. The summed E-state index contributed by atoms with van der Waals surface area (Å²) in [7, 11) is 0. The van der Waals surface area contributed by atoms with Crippen molar-refractivity contribution >= 4 is 23.5 Å². The molecule has 14 heteroatoms. The molecule has 2 fully saturated rings. The first-order valence-electron chi connectivity index (χ1n) is 14.9. The maximum Gasteiger partial charge on any atom is 0.416 e. The van der Waals surface area contributed by atoms with E-state index in [-0.39, 0.29) is 62.8 Å². The minimum atomic E-state index is -4.61. The lowest BCUT2D eigenvalue weighted by atomic mass is 9.85. The molecular weight excluding hydrogens is 616 g/mol. The second kappa shape index (κ2) is 12.3. The maximum atomic E-state index is 16.9. The van der Waals surface area contributed by atoms with Gasteiger partial charge in [-0.1, -0.05) is 12.1 Å². The van der Waals surface area contributed by atoms with Crippen LogP contribution >= 0.6 is 0 Å². The van der Waals surface area contributed by atoms with Gasteiger partial charge in [0.2, 0.25) is 11.6 Å². The number of alkyl halides is 4. The number of nitrogens with zero attached hydrogens (tertiary/aromatic N) is 4. The van der Waals surface area contributed by atoms with Gasteiger partial charge >= 0.3 is 12.1 Å². The SMILES string of the molecule is CC(C)(C)N1C[C@@H](c2ccc(F)cc2F)[C@](F)(C(=O)Nc2nccn2Cc2ccc(C(F)(F)F)cc2N2CCC(C(=O)O)CC2)C1. The van der Waals surface area contributed by atoms with Crippen molar-refractivity contribution in [3.05, 3.63) is 77.1 Å². The normalized spacial score (nSPS) is 21.5. The van der Waals surface area contributed by atoms with E-state index in [1.165, 1.54) is 23.0 Å². The van der Waals surface area contributed by atoms with Crippen LogP contribution < -0.4 is 10.2 Å². The number of benzene rings is 2. The molecule has 0 unspecified atom stereocenters. The van der Waals surface area contributed by atoms with Crippen molar-refractivity contribution in [2.75, 3.05) is 36.4 Å². The molecule has 2 aliphatic heterocycles. The molecule has 8 nitrogen and oxygen atoms in total. The minimum absolute atomic E-state index is 0.0160. The number of carboxylic acid groups (broad SMARTS) is 1. The summed E-state index contributed by atoms with van der Waals surface area (Å²) >= 11 is 0. The van der Waals surface area contributed by atoms with E-state index in [1.54, 1.807) is 9.80 Å². The van der Waals surface area contributed by atoms with Gasteiger partial charge in [-0.25, -0.2) is 18.2 Å². The Morgan fingerprint density at radius 3 is 2.37 bits per heavy atom. The number of piperidine rings is 1. The number of amides is 1. The Balaban J connectivity index is 1.43. The number of nitrogens with one attached hydrogen (secondary N) is 1. The lowest BCUT2D eigenvalue weighted by Gasteiger charge is -2.34. The number of halogens is 6. The number of likely N-dealkylation sites (tertiary alicyclic amines) is 1. The van der Waals surface area contributed by atoms with E-state index in [9.17, 15) is 36.6 Å². The van der Waals surface area contributed by atoms with Gasteiger partial charge < -0.3 is 14.6 Å². The number of carbonyl (C=O) groups excluding carboxylic acids is 1. The van der Waals surface area contributed by atoms with Gasteiger partial charge in [0.25, 0.3) is 5.91 Å². The molecule has 0 radical (unpaired) electrons. The third-order valence-electron chi connectivity index (χ3n) is 8.92. The van der Waals surface area contributed by atoms with Gasteiger partial charge in [-0.2, -0.15) is 13.2 Å². The second-order valence-corrected chi connectivity index (χ2v) is 12.9. The van der Waals surface area contributed by atoms with Crippen LogP contribution in [0.4, 0.5) is 38.0 Å². The van der Waals surface area contributed by atoms with Gasteiger partial charge in [-0.05, 0) is 62.9 Å². The monoisotopic (exact) mass is 651 g/mol.